The molecule has 4 nitrogen and oxygen atoms in total. The molecular formula is C17H25N3O. The zero-order valence-corrected chi connectivity index (χ0v) is 12.6. The fraction of sp³-hybridized carbons (Fsp3) is 0.588. The zero-order valence-electron chi connectivity index (χ0n) is 12.6. The Balaban J connectivity index is 1.40. The first-order chi connectivity index (χ1) is 10.3. The van der Waals surface area contributed by atoms with Crippen LogP contribution in [0.25, 0.3) is 0 Å². The van der Waals surface area contributed by atoms with E-state index in [-0.39, 0.29) is 5.91 Å². The second-order valence-electron chi connectivity index (χ2n) is 6.07. The first kappa shape index (κ1) is 14.4. The van der Waals surface area contributed by atoms with Gasteiger partial charge in [0.05, 0.1) is 6.54 Å². The lowest BCUT2D eigenvalue weighted by molar-refractivity contribution is -0.129. The monoisotopic (exact) mass is 287 g/mol. The fourth-order valence-corrected chi connectivity index (χ4v) is 3.29. The predicted molar refractivity (Wildman–Crippen MR) is 85.5 cm³/mol. The number of rotatable bonds is 4. The maximum atomic E-state index is 12.0. The fourth-order valence-electron chi connectivity index (χ4n) is 3.29. The van der Waals surface area contributed by atoms with Gasteiger partial charge in [-0.1, -0.05) is 18.2 Å². The van der Waals surface area contributed by atoms with Crippen molar-refractivity contribution in [1.29, 1.82) is 0 Å². The molecule has 0 atom stereocenters. The number of nitrogens with zero attached hydrogens (tertiary/aromatic N) is 2. The van der Waals surface area contributed by atoms with E-state index in [9.17, 15) is 4.79 Å². The Bertz CT molecular complexity index is 448. The molecular weight excluding hydrogens is 262 g/mol. The molecule has 0 unspecified atom stereocenters. The summed E-state index contributed by atoms with van der Waals surface area (Å²) in [7, 11) is 0. The maximum Gasteiger partial charge on any atom is 0.236 e. The molecule has 1 aromatic carbocycles. The smallest absolute Gasteiger partial charge is 0.236 e. The van der Waals surface area contributed by atoms with Gasteiger partial charge in [0.2, 0.25) is 5.91 Å². The molecule has 0 bridgehead atoms. The first-order valence-electron chi connectivity index (χ1n) is 8.14. The molecule has 4 heteroatoms. The molecule has 1 amide bonds. The highest BCUT2D eigenvalue weighted by Crippen LogP contribution is 2.19. The molecule has 2 aliphatic rings. The first-order valence-corrected chi connectivity index (χ1v) is 8.14. The highest BCUT2D eigenvalue weighted by molar-refractivity contribution is 5.78. The van der Waals surface area contributed by atoms with E-state index in [2.05, 4.69) is 40.5 Å². The van der Waals surface area contributed by atoms with E-state index in [4.69, 9.17) is 0 Å². The number of carbonyl (C=O) groups excluding carboxylic acids is 1. The SMILES string of the molecule is O=C(CNC1CCN(c2ccccc2)CC1)N1CCCC1. The molecule has 3 rings (SSSR count). The third kappa shape index (κ3) is 3.76. The van der Waals surface area contributed by atoms with Gasteiger partial charge in [-0.2, -0.15) is 0 Å². The van der Waals surface area contributed by atoms with Crippen LogP contribution in [-0.4, -0.2) is 49.6 Å². The van der Waals surface area contributed by atoms with Gasteiger partial charge in [-0.3, -0.25) is 4.79 Å². The summed E-state index contributed by atoms with van der Waals surface area (Å²) in [4.78, 5) is 16.4. The molecule has 2 saturated heterocycles. The number of anilines is 1. The van der Waals surface area contributed by atoms with Gasteiger partial charge in [-0.05, 0) is 37.8 Å². The van der Waals surface area contributed by atoms with Gasteiger partial charge in [-0.15, -0.1) is 0 Å². The molecule has 21 heavy (non-hydrogen) atoms. The second kappa shape index (κ2) is 6.94. The average molecular weight is 287 g/mol. The number of benzene rings is 1. The molecule has 1 N–H and O–H groups in total. The number of nitrogens with one attached hydrogen (secondary N) is 1. The summed E-state index contributed by atoms with van der Waals surface area (Å²) in [6.07, 6.45) is 4.56. The Morgan fingerprint density at radius 3 is 2.38 bits per heavy atom. The third-order valence-electron chi connectivity index (χ3n) is 4.62. The lowest BCUT2D eigenvalue weighted by Gasteiger charge is -2.34. The van der Waals surface area contributed by atoms with E-state index in [1.165, 1.54) is 18.5 Å². The Hall–Kier alpha value is -1.55. The Labute approximate surface area is 127 Å². The molecule has 2 aliphatic heterocycles. The quantitative estimate of drug-likeness (QED) is 0.918. The number of amides is 1. The van der Waals surface area contributed by atoms with E-state index >= 15 is 0 Å². The summed E-state index contributed by atoms with van der Waals surface area (Å²) in [6, 6.07) is 11.1. The van der Waals surface area contributed by atoms with Crippen molar-refractivity contribution < 1.29 is 4.79 Å². The average Bonchev–Trinajstić information content (AvgIpc) is 3.08. The number of hydrogen-bond acceptors (Lipinski definition) is 3. The maximum absolute atomic E-state index is 12.0. The Kier molecular flexibility index (Phi) is 4.76. The molecule has 0 saturated carbocycles. The third-order valence-corrected chi connectivity index (χ3v) is 4.62. The van der Waals surface area contributed by atoms with Gasteiger partial charge in [0.15, 0.2) is 0 Å². The Morgan fingerprint density at radius 1 is 1.05 bits per heavy atom. The molecule has 114 valence electrons. The largest absolute Gasteiger partial charge is 0.371 e. The van der Waals surface area contributed by atoms with Gasteiger partial charge < -0.3 is 15.1 Å². The van der Waals surface area contributed by atoms with Crippen LogP contribution >= 0.6 is 0 Å². The summed E-state index contributed by atoms with van der Waals surface area (Å²) in [5.74, 6) is 0.276. The van der Waals surface area contributed by atoms with Gasteiger partial charge in [0.1, 0.15) is 0 Å². The highest BCUT2D eigenvalue weighted by Gasteiger charge is 2.22. The van der Waals surface area contributed by atoms with Crippen molar-refractivity contribution in [2.24, 2.45) is 0 Å². The van der Waals surface area contributed by atoms with Crippen molar-refractivity contribution in [1.82, 2.24) is 10.2 Å². The van der Waals surface area contributed by atoms with E-state index in [0.29, 0.717) is 12.6 Å². The van der Waals surface area contributed by atoms with Gasteiger partial charge in [-0.25, -0.2) is 0 Å². The summed E-state index contributed by atoms with van der Waals surface area (Å²) in [5.41, 5.74) is 1.31. The Morgan fingerprint density at radius 2 is 1.71 bits per heavy atom. The lowest BCUT2D eigenvalue weighted by atomic mass is 10.0. The molecule has 2 heterocycles. The van der Waals surface area contributed by atoms with Crippen molar-refractivity contribution in [3.05, 3.63) is 30.3 Å². The van der Waals surface area contributed by atoms with Crippen molar-refractivity contribution in [3.63, 3.8) is 0 Å². The van der Waals surface area contributed by atoms with Crippen molar-refractivity contribution in [2.75, 3.05) is 37.6 Å². The minimum Gasteiger partial charge on any atom is -0.371 e. The summed E-state index contributed by atoms with van der Waals surface area (Å²) < 4.78 is 0. The van der Waals surface area contributed by atoms with E-state index in [1.54, 1.807) is 0 Å². The van der Waals surface area contributed by atoms with Crippen LogP contribution in [0.3, 0.4) is 0 Å². The summed E-state index contributed by atoms with van der Waals surface area (Å²) in [5, 5.41) is 3.45. The van der Waals surface area contributed by atoms with Crippen LogP contribution in [0.2, 0.25) is 0 Å². The standard InChI is InChI=1S/C17H25N3O/c21-17(20-10-4-5-11-20)14-18-15-8-12-19(13-9-15)16-6-2-1-3-7-16/h1-3,6-7,15,18H,4-5,8-14H2. The summed E-state index contributed by atoms with van der Waals surface area (Å²) >= 11 is 0. The van der Waals surface area contributed by atoms with Gasteiger partial charge in [0, 0.05) is 37.9 Å². The zero-order chi connectivity index (χ0) is 14.5. The molecule has 0 aliphatic carbocycles. The molecule has 0 radical (unpaired) electrons. The van der Waals surface area contributed by atoms with Crippen LogP contribution in [0.15, 0.2) is 30.3 Å². The van der Waals surface area contributed by atoms with E-state index in [0.717, 1.165) is 39.0 Å². The highest BCUT2D eigenvalue weighted by atomic mass is 16.2. The number of carbonyl (C=O) groups is 1. The number of hydrogen-bond donors (Lipinski definition) is 1. The van der Waals surface area contributed by atoms with E-state index in [1.807, 2.05) is 4.90 Å². The summed E-state index contributed by atoms with van der Waals surface area (Å²) in [6.45, 7) is 4.55. The number of piperidine rings is 1. The molecule has 1 aromatic rings. The van der Waals surface area contributed by atoms with E-state index < -0.39 is 0 Å². The van der Waals surface area contributed by atoms with Crippen LogP contribution < -0.4 is 10.2 Å². The lowest BCUT2D eigenvalue weighted by Crippen LogP contribution is -2.46. The van der Waals surface area contributed by atoms with Crippen LogP contribution in [0, 0.1) is 0 Å². The van der Waals surface area contributed by atoms with Crippen LogP contribution in [-0.2, 0) is 4.79 Å². The van der Waals surface area contributed by atoms with Crippen LogP contribution in [0.4, 0.5) is 5.69 Å². The van der Waals surface area contributed by atoms with Crippen molar-refractivity contribution >= 4 is 11.6 Å². The second-order valence-corrected chi connectivity index (χ2v) is 6.07. The topological polar surface area (TPSA) is 35.6 Å². The number of likely N-dealkylation sites (tertiary alicyclic amines) is 1. The van der Waals surface area contributed by atoms with Crippen molar-refractivity contribution in [2.45, 2.75) is 31.7 Å². The van der Waals surface area contributed by atoms with Crippen molar-refractivity contribution in [3.8, 4) is 0 Å². The minimum atomic E-state index is 0.276. The predicted octanol–water partition coefficient (Wildman–Crippen LogP) is 1.87. The molecule has 0 spiro atoms. The molecule has 2 fully saturated rings. The minimum absolute atomic E-state index is 0.276. The van der Waals surface area contributed by atoms with Gasteiger partial charge in [0.25, 0.3) is 0 Å². The van der Waals surface area contributed by atoms with Gasteiger partial charge >= 0.3 is 0 Å². The molecule has 0 aromatic heterocycles. The normalized spacial score (nSPS) is 20.0. The van der Waals surface area contributed by atoms with Crippen LogP contribution in [0.5, 0.6) is 0 Å². The number of para-hydroxylation sites is 1. The van der Waals surface area contributed by atoms with Crippen LogP contribution in [0.1, 0.15) is 25.7 Å².